The Balaban J connectivity index is 1.48. The lowest BCUT2D eigenvalue weighted by atomic mass is 10.1. The number of carbonyl (C=O) groups is 2. The zero-order chi connectivity index (χ0) is 19.9. The summed E-state index contributed by atoms with van der Waals surface area (Å²) in [5, 5.41) is 3.67. The number of carbonyl (C=O) groups excluding carboxylic acids is 2. The summed E-state index contributed by atoms with van der Waals surface area (Å²) in [4.78, 5) is 25.6. The number of nitrogens with one attached hydrogen (secondary N) is 1. The van der Waals surface area contributed by atoms with Gasteiger partial charge in [-0.3, -0.25) is 4.79 Å². The standard InChI is InChI=1S/C22H24ClNO3S/c1-15(21(25)24-19-4-2-3-5-19)27-22(26)17-8-6-16(7-9-17)14-28-20-12-10-18(23)11-13-20/h6-13,15,19H,2-5,14H2,1H3,(H,24,25)/t15-/m0/s1. The zero-order valence-corrected chi connectivity index (χ0v) is 17.4. The van der Waals surface area contributed by atoms with Crippen molar-refractivity contribution in [2.75, 3.05) is 0 Å². The average Bonchev–Trinajstić information content (AvgIpc) is 3.21. The summed E-state index contributed by atoms with van der Waals surface area (Å²) >= 11 is 7.59. The smallest absolute Gasteiger partial charge is 0.338 e. The summed E-state index contributed by atoms with van der Waals surface area (Å²) in [7, 11) is 0. The number of thioether (sulfide) groups is 1. The monoisotopic (exact) mass is 417 g/mol. The van der Waals surface area contributed by atoms with Crippen LogP contribution in [0.4, 0.5) is 0 Å². The number of rotatable bonds is 7. The van der Waals surface area contributed by atoms with Crippen molar-refractivity contribution >= 4 is 35.2 Å². The van der Waals surface area contributed by atoms with E-state index in [1.165, 1.54) is 0 Å². The number of halogens is 1. The molecule has 1 aliphatic rings. The van der Waals surface area contributed by atoms with Crippen LogP contribution in [0.15, 0.2) is 53.4 Å². The molecule has 28 heavy (non-hydrogen) atoms. The summed E-state index contributed by atoms with van der Waals surface area (Å²) < 4.78 is 5.32. The molecule has 1 saturated carbocycles. The zero-order valence-electron chi connectivity index (χ0n) is 15.8. The summed E-state index contributed by atoms with van der Waals surface area (Å²) in [6.07, 6.45) is 3.49. The van der Waals surface area contributed by atoms with Gasteiger partial charge in [0.2, 0.25) is 0 Å². The predicted octanol–water partition coefficient (Wildman–Crippen LogP) is 5.24. The van der Waals surface area contributed by atoms with Crippen LogP contribution >= 0.6 is 23.4 Å². The van der Waals surface area contributed by atoms with E-state index in [1.54, 1.807) is 30.8 Å². The van der Waals surface area contributed by atoms with E-state index in [9.17, 15) is 9.59 Å². The second-order valence-corrected chi connectivity index (χ2v) is 8.46. The highest BCUT2D eigenvalue weighted by atomic mass is 35.5. The maximum absolute atomic E-state index is 12.3. The first-order valence-electron chi connectivity index (χ1n) is 9.50. The lowest BCUT2D eigenvalue weighted by molar-refractivity contribution is -0.129. The Morgan fingerprint density at radius 3 is 2.39 bits per heavy atom. The molecular weight excluding hydrogens is 394 g/mol. The number of esters is 1. The molecule has 0 heterocycles. The third-order valence-electron chi connectivity index (χ3n) is 4.76. The van der Waals surface area contributed by atoms with E-state index in [-0.39, 0.29) is 11.9 Å². The van der Waals surface area contributed by atoms with Gasteiger partial charge >= 0.3 is 5.97 Å². The van der Waals surface area contributed by atoms with Crippen molar-refractivity contribution in [1.82, 2.24) is 5.32 Å². The van der Waals surface area contributed by atoms with E-state index in [2.05, 4.69) is 5.32 Å². The molecule has 6 heteroatoms. The largest absolute Gasteiger partial charge is 0.449 e. The Bertz CT molecular complexity index is 802. The summed E-state index contributed by atoms with van der Waals surface area (Å²) in [6.45, 7) is 1.61. The van der Waals surface area contributed by atoms with E-state index in [1.807, 2.05) is 36.4 Å². The van der Waals surface area contributed by atoms with Crippen molar-refractivity contribution in [2.24, 2.45) is 0 Å². The van der Waals surface area contributed by atoms with E-state index in [0.29, 0.717) is 5.56 Å². The Hall–Kier alpha value is -1.98. The topological polar surface area (TPSA) is 55.4 Å². The molecule has 0 saturated heterocycles. The summed E-state index contributed by atoms with van der Waals surface area (Å²) in [5.74, 6) is 0.0826. The number of benzene rings is 2. The maximum Gasteiger partial charge on any atom is 0.338 e. The first-order chi connectivity index (χ1) is 13.5. The molecule has 2 aromatic rings. The second kappa shape index (κ2) is 9.99. The molecule has 0 bridgehead atoms. The molecule has 1 amide bonds. The molecule has 1 atom stereocenters. The first kappa shape index (κ1) is 20.7. The van der Waals surface area contributed by atoms with Gasteiger partial charge in [0.15, 0.2) is 6.10 Å². The Morgan fingerprint density at radius 1 is 1.11 bits per heavy atom. The van der Waals surface area contributed by atoms with Gasteiger partial charge in [0.25, 0.3) is 5.91 Å². The fourth-order valence-electron chi connectivity index (χ4n) is 3.11. The summed E-state index contributed by atoms with van der Waals surface area (Å²) in [6, 6.07) is 15.2. The van der Waals surface area contributed by atoms with E-state index < -0.39 is 12.1 Å². The molecule has 148 valence electrons. The van der Waals surface area contributed by atoms with Crippen LogP contribution in [0.25, 0.3) is 0 Å². The highest BCUT2D eigenvalue weighted by Gasteiger charge is 2.23. The van der Waals surface area contributed by atoms with Crippen LogP contribution in [0.5, 0.6) is 0 Å². The molecule has 1 N–H and O–H groups in total. The normalized spacial score (nSPS) is 15.2. The molecule has 0 radical (unpaired) electrons. The fraction of sp³-hybridized carbons (Fsp3) is 0.364. The van der Waals surface area contributed by atoms with Gasteiger partial charge in [-0.25, -0.2) is 4.79 Å². The van der Waals surface area contributed by atoms with Crippen LogP contribution in [0, 0.1) is 0 Å². The third-order valence-corrected chi connectivity index (χ3v) is 6.10. The van der Waals surface area contributed by atoms with Crippen molar-refractivity contribution in [3.63, 3.8) is 0 Å². The van der Waals surface area contributed by atoms with Crippen LogP contribution in [-0.4, -0.2) is 24.0 Å². The van der Waals surface area contributed by atoms with Crippen molar-refractivity contribution in [2.45, 2.75) is 55.4 Å². The van der Waals surface area contributed by atoms with E-state index in [4.69, 9.17) is 16.3 Å². The molecule has 1 aliphatic carbocycles. The van der Waals surface area contributed by atoms with Gasteiger partial charge in [0.1, 0.15) is 0 Å². The average molecular weight is 418 g/mol. The maximum atomic E-state index is 12.3. The predicted molar refractivity (Wildman–Crippen MR) is 113 cm³/mol. The van der Waals surface area contributed by atoms with Crippen molar-refractivity contribution in [3.05, 3.63) is 64.7 Å². The molecule has 2 aromatic carbocycles. The number of hydrogen-bond acceptors (Lipinski definition) is 4. The molecule has 3 rings (SSSR count). The van der Waals surface area contributed by atoms with E-state index >= 15 is 0 Å². The molecule has 0 aromatic heterocycles. The molecule has 0 spiro atoms. The number of amides is 1. The van der Waals surface area contributed by atoms with Crippen LogP contribution in [-0.2, 0) is 15.3 Å². The SMILES string of the molecule is C[C@H](OC(=O)c1ccc(CSc2ccc(Cl)cc2)cc1)C(=O)NC1CCCC1. The molecule has 0 unspecified atom stereocenters. The number of ether oxygens (including phenoxy) is 1. The van der Waals surface area contributed by atoms with Crippen molar-refractivity contribution in [1.29, 1.82) is 0 Å². The van der Waals surface area contributed by atoms with Gasteiger partial charge < -0.3 is 10.1 Å². The van der Waals surface area contributed by atoms with Crippen LogP contribution in [0.1, 0.15) is 48.5 Å². The highest BCUT2D eigenvalue weighted by molar-refractivity contribution is 7.98. The molecule has 0 aliphatic heterocycles. The minimum Gasteiger partial charge on any atom is -0.449 e. The van der Waals surface area contributed by atoms with Crippen molar-refractivity contribution < 1.29 is 14.3 Å². The summed E-state index contributed by atoms with van der Waals surface area (Å²) in [5.41, 5.74) is 1.55. The Labute approximate surface area is 175 Å². The van der Waals surface area contributed by atoms with Gasteiger partial charge in [0.05, 0.1) is 5.56 Å². The lowest BCUT2D eigenvalue weighted by Crippen LogP contribution is -2.40. The molecule has 1 fully saturated rings. The van der Waals surface area contributed by atoms with Gasteiger partial charge in [-0.05, 0) is 61.7 Å². The Morgan fingerprint density at radius 2 is 1.75 bits per heavy atom. The minimum absolute atomic E-state index is 0.214. The fourth-order valence-corrected chi connectivity index (χ4v) is 4.09. The van der Waals surface area contributed by atoms with Crippen LogP contribution in [0.2, 0.25) is 5.02 Å². The molecule has 4 nitrogen and oxygen atoms in total. The quantitative estimate of drug-likeness (QED) is 0.494. The van der Waals surface area contributed by atoms with Gasteiger partial charge in [-0.1, -0.05) is 36.6 Å². The van der Waals surface area contributed by atoms with Crippen molar-refractivity contribution in [3.8, 4) is 0 Å². The highest BCUT2D eigenvalue weighted by Crippen LogP contribution is 2.24. The van der Waals surface area contributed by atoms with E-state index in [0.717, 1.165) is 46.9 Å². The van der Waals surface area contributed by atoms with Gasteiger partial charge in [-0.15, -0.1) is 11.8 Å². The third kappa shape index (κ3) is 6.01. The van der Waals surface area contributed by atoms with Gasteiger partial charge in [-0.2, -0.15) is 0 Å². The number of hydrogen-bond donors (Lipinski definition) is 1. The second-order valence-electron chi connectivity index (χ2n) is 6.98. The van der Waals surface area contributed by atoms with Crippen LogP contribution < -0.4 is 5.32 Å². The lowest BCUT2D eigenvalue weighted by Gasteiger charge is -2.17. The first-order valence-corrected chi connectivity index (χ1v) is 10.9. The van der Waals surface area contributed by atoms with Crippen LogP contribution in [0.3, 0.4) is 0 Å². The molecular formula is C22H24ClNO3S. The Kier molecular flexibility index (Phi) is 7.40. The van der Waals surface area contributed by atoms with Gasteiger partial charge in [0, 0.05) is 21.7 Å². The minimum atomic E-state index is -0.798.